The Bertz CT molecular complexity index is 624. The van der Waals surface area contributed by atoms with Crippen LogP contribution in [0.3, 0.4) is 0 Å². The van der Waals surface area contributed by atoms with Crippen LogP contribution >= 0.6 is 0 Å². The molecular formula is C17H21N3O. The zero-order valence-electron chi connectivity index (χ0n) is 12.6. The van der Waals surface area contributed by atoms with Crippen molar-refractivity contribution in [3.05, 3.63) is 41.5 Å². The normalized spacial score (nSPS) is 18.8. The molecule has 1 aromatic heterocycles. The molecule has 1 aromatic carbocycles. The molecule has 1 unspecified atom stereocenters. The molecule has 0 aliphatic carbocycles. The number of rotatable bonds is 2. The number of anilines is 1. The van der Waals surface area contributed by atoms with E-state index in [-0.39, 0.29) is 6.10 Å². The van der Waals surface area contributed by atoms with Crippen LogP contribution in [0.25, 0.3) is 11.3 Å². The summed E-state index contributed by atoms with van der Waals surface area (Å²) in [5.41, 5.74) is 4.46. The molecular weight excluding hydrogens is 262 g/mol. The maximum atomic E-state index is 9.75. The minimum Gasteiger partial charge on any atom is -0.391 e. The van der Waals surface area contributed by atoms with Crippen LogP contribution in [0, 0.1) is 13.8 Å². The second-order valence-electron chi connectivity index (χ2n) is 5.84. The van der Waals surface area contributed by atoms with Crippen LogP contribution in [0.2, 0.25) is 0 Å². The van der Waals surface area contributed by atoms with E-state index >= 15 is 0 Å². The predicted octanol–water partition coefficient (Wildman–Crippen LogP) is 2.72. The van der Waals surface area contributed by atoms with Crippen molar-refractivity contribution in [2.45, 2.75) is 32.8 Å². The maximum absolute atomic E-state index is 9.75. The summed E-state index contributed by atoms with van der Waals surface area (Å²) in [7, 11) is 0. The van der Waals surface area contributed by atoms with E-state index in [9.17, 15) is 5.11 Å². The van der Waals surface area contributed by atoms with Gasteiger partial charge in [-0.25, -0.2) is 0 Å². The third-order valence-electron chi connectivity index (χ3n) is 4.04. The van der Waals surface area contributed by atoms with Gasteiger partial charge in [0.15, 0.2) is 5.82 Å². The lowest BCUT2D eigenvalue weighted by molar-refractivity contribution is 0.154. The SMILES string of the molecule is Cc1ccc(C)c(-c2ccc(N3CCCC(O)C3)nn2)c1. The number of aliphatic hydroxyl groups excluding tert-OH is 1. The van der Waals surface area contributed by atoms with E-state index in [1.807, 2.05) is 12.1 Å². The number of β-amino-alcohol motifs (C(OH)–C–C–N with tert-alkyl or cyclic N) is 1. The molecule has 1 atom stereocenters. The van der Waals surface area contributed by atoms with Gasteiger partial charge in [0.05, 0.1) is 11.8 Å². The Kier molecular flexibility index (Phi) is 3.88. The van der Waals surface area contributed by atoms with Crippen LogP contribution in [-0.2, 0) is 0 Å². The van der Waals surface area contributed by atoms with E-state index < -0.39 is 0 Å². The first-order chi connectivity index (χ1) is 10.1. The number of aliphatic hydroxyl groups is 1. The molecule has 1 saturated heterocycles. The smallest absolute Gasteiger partial charge is 0.151 e. The highest BCUT2D eigenvalue weighted by Gasteiger charge is 2.19. The third-order valence-corrected chi connectivity index (χ3v) is 4.04. The lowest BCUT2D eigenvalue weighted by Crippen LogP contribution is -2.38. The molecule has 2 aromatic rings. The van der Waals surface area contributed by atoms with Crippen LogP contribution in [0.15, 0.2) is 30.3 Å². The molecule has 1 N–H and O–H groups in total. The summed E-state index contributed by atoms with van der Waals surface area (Å²) in [5, 5.41) is 18.5. The van der Waals surface area contributed by atoms with Crippen molar-refractivity contribution in [2.24, 2.45) is 0 Å². The zero-order valence-corrected chi connectivity index (χ0v) is 12.6. The highest BCUT2D eigenvalue weighted by atomic mass is 16.3. The fourth-order valence-corrected chi connectivity index (χ4v) is 2.81. The molecule has 0 saturated carbocycles. The highest BCUT2D eigenvalue weighted by molar-refractivity contribution is 5.64. The summed E-state index contributed by atoms with van der Waals surface area (Å²) >= 11 is 0. The van der Waals surface area contributed by atoms with Gasteiger partial charge >= 0.3 is 0 Å². The summed E-state index contributed by atoms with van der Waals surface area (Å²) in [5.74, 6) is 0.850. The maximum Gasteiger partial charge on any atom is 0.151 e. The summed E-state index contributed by atoms with van der Waals surface area (Å²) in [6.45, 7) is 5.76. The first-order valence-electron chi connectivity index (χ1n) is 7.48. The summed E-state index contributed by atoms with van der Waals surface area (Å²) in [6, 6.07) is 10.4. The van der Waals surface area contributed by atoms with Gasteiger partial charge in [-0.15, -0.1) is 10.2 Å². The minimum absolute atomic E-state index is 0.251. The Hall–Kier alpha value is -1.94. The second-order valence-corrected chi connectivity index (χ2v) is 5.84. The largest absolute Gasteiger partial charge is 0.391 e. The molecule has 110 valence electrons. The number of piperidine rings is 1. The van der Waals surface area contributed by atoms with Gasteiger partial charge in [0, 0.05) is 18.7 Å². The van der Waals surface area contributed by atoms with Gasteiger partial charge in [-0.2, -0.15) is 0 Å². The predicted molar refractivity (Wildman–Crippen MR) is 84.4 cm³/mol. The standard InChI is InChI=1S/C17H21N3O/c1-12-5-6-13(2)15(10-12)16-7-8-17(19-18-16)20-9-3-4-14(21)11-20/h5-8,10,14,21H,3-4,9,11H2,1-2H3. The molecule has 4 nitrogen and oxygen atoms in total. The summed E-state index contributed by atoms with van der Waals surface area (Å²) in [6.07, 6.45) is 1.63. The van der Waals surface area contributed by atoms with Crippen LogP contribution in [0.4, 0.5) is 5.82 Å². The lowest BCUT2D eigenvalue weighted by Gasteiger charge is -2.30. The van der Waals surface area contributed by atoms with Gasteiger partial charge < -0.3 is 10.0 Å². The number of aryl methyl sites for hydroxylation is 2. The molecule has 1 aliphatic heterocycles. The molecule has 0 amide bonds. The summed E-state index contributed by atoms with van der Waals surface area (Å²) in [4.78, 5) is 2.11. The van der Waals surface area contributed by atoms with Gasteiger partial charge in [-0.1, -0.05) is 17.7 Å². The molecule has 1 fully saturated rings. The van der Waals surface area contributed by atoms with Crippen LogP contribution in [0.1, 0.15) is 24.0 Å². The van der Waals surface area contributed by atoms with Crippen molar-refractivity contribution in [2.75, 3.05) is 18.0 Å². The molecule has 3 rings (SSSR count). The van der Waals surface area contributed by atoms with E-state index in [1.54, 1.807) is 0 Å². The second kappa shape index (κ2) is 5.82. The van der Waals surface area contributed by atoms with E-state index in [0.29, 0.717) is 6.54 Å². The monoisotopic (exact) mass is 283 g/mol. The molecule has 0 radical (unpaired) electrons. The Labute approximate surface area is 125 Å². The Morgan fingerprint density at radius 2 is 2.00 bits per heavy atom. The molecule has 0 spiro atoms. The summed E-state index contributed by atoms with van der Waals surface area (Å²) < 4.78 is 0. The van der Waals surface area contributed by atoms with Gasteiger partial charge in [0.2, 0.25) is 0 Å². The average molecular weight is 283 g/mol. The van der Waals surface area contributed by atoms with E-state index in [0.717, 1.165) is 36.5 Å². The average Bonchev–Trinajstić information content (AvgIpc) is 2.50. The number of benzene rings is 1. The number of aromatic nitrogens is 2. The first kappa shape index (κ1) is 14.0. The fraction of sp³-hybridized carbons (Fsp3) is 0.412. The topological polar surface area (TPSA) is 49.2 Å². The van der Waals surface area contributed by atoms with Crippen LogP contribution in [0.5, 0.6) is 0 Å². The quantitative estimate of drug-likeness (QED) is 0.920. The van der Waals surface area contributed by atoms with Crippen LogP contribution in [-0.4, -0.2) is 34.5 Å². The molecule has 0 bridgehead atoms. The highest BCUT2D eigenvalue weighted by Crippen LogP contribution is 2.24. The third kappa shape index (κ3) is 3.05. The Morgan fingerprint density at radius 3 is 2.71 bits per heavy atom. The Balaban J connectivity index is 1.85. The lowest BCUT2D eigenvalue weighted by atomic mass is 10.0. The number of hydrogen-bond donors (Lipinski definition) is 1. The van der Waals surface area contributed by atoms with Crippen molar-refractivity contribution in [3.8, 4) is 11.3 Å². The van der Waals surface area contributed by atoms with Crippen molar-refractivity contribution in [3.63, 3.8) is 0 Å². The van der Waals surface area contributed by atoms with Gasteiger partial charge in [0.1, 0.15) is 0 Å². The first-order valence-corrected chi connectivity index (χ1v) is 7.48. The van der Waals surface area contributed by atoms with Gasteiger partial charge in [-0.05, 0) is 50.5 Å². The van der Waals surface area contributed by atoms with Crippen LogP contribution < -0.4 is 4.90 Å². The fourth-order valence-electron chi connectivity index (χ4n) is 2.81. The molecule has 21 heavy (non-hydrogen) atoms. The minimum atomic E-state index is -0.251. The molecule has 2 heterocycles. The van der Waals surface area contributed by atoms with Crippen molar-refractivity contribution < 1.29 is 5.11 Å². The van der Waals surface area contributed by atoms with Crippen molar-refractivity contribution in [1.82, 2.24) is 10.2 Å². The zero-order chi connectivity index (χ0) is 14.8. The number of hydrogen-bond acceptors (Lipinski definition) is 4. The van der Waals surface area contributed by atoms with E-state index in [1.165, 1.54) is 11.1 Å². The molecule has 4 heteroatoms. The van der Waals surface area contributed by atoms with E-state index in [4.69, 9.17) is 0 Å². The van der Waals surface area contributed by atoms with Gasteiger partial charge in [-0.3, -0.25) is 0 Å². The van der Waals surface area contributed by atoms with Crippen molar-refractivity contribution >= 4 is 5.82 Å². The Morgan fingerprint density at radius 1 is 1.14 bits per heavy atom. The number of nitrogens with zero attached hydrogens (tertiary/aromatic N) is 3. The van der Waals surface area contributed by atoms with Gasteiger partial charge in [0.25, 0.3) is 0 Å². The molecule has 1 aliphatic rings. The van der Waals surface area contributed by atoms with E-state index in [2.05, 4.69) is 47.1 Å². The van der Waals surface area contributed by atoms with Crippen molar-refractivity contribution in [1.29, 1.82) is 0 Å².